The minimum atomic E-state index is -0.677. The second-order valence-corrected chi connectivity index (χ2v) is 3.92. The molecule has 14 heavy (non-hydrogen) atoms. The van der Waals surface area contributed by atoms with Crippen LogP contribution >= 0.6 is 0 Å². The molecular weight excluding hydrogens is 177 g/mol. The molecular formula is C12H16FN. The number of benzene rings is 1. The van der Waals surface area contributed by atoms with Crippen molar-refractivity contribution in [3.05, 3.63) is 30.3 Å². The van der Waals surface area contributed by atoms with Crippen molar-refractivity contribution in [2.24, 2.45) is 0 Å². The summed E-state index contributed by atoms with van der Waals surface area (Å²) in [6, 6.07) is 9.91. The first-order valence-electron chi connectivity index (χ1n) is 5.32. The number of alkyl halides is 1. The largest absolute Gasteiger partial charge is 0.379 e. The van der Waals surface area contributed by atoms with E-state index in [1.165, 1.54) is 0 Å². The lowest BCUT2D eigenvalue weighted by Gasteiger charge is -2.27. The summed E-state index contributed by atoms with van der Waals surface area (Å²) < 4.78 is 13.5. The molecule has 0 heterocycles. The van der Waals surface area contributed by atoms with Gasteiger partial charge < -0.3 is 5.32 Å². The molecule has 1 N–H and O–H groups in total. The predicted octanol–water partition coefficient (Wildman–Crippen LogP) is 3.38. The summed E-state index contributed by atoms with van der Waals surface area (Å²) in [7, 11) is 0. The van der Waals surface area contributed by atoms with E-state index in [1.54, 1.807) is 0 Å². The molecule has 2 atom stereocenters. The summed E-state index contributed by atoms with van der Waals surface area (Å²) in [6.45, 7) is 0. The third kappa shape index (κ3) is 2.25. The van der Waals surface area contributed by atoms with Gasteiger partial charge in [-0.2, -0.15) is 0 Å². The van der Waals surface area contributed by atoms with Crippen LogP contribution in [0.15, 0.2) is 30.3 Å². The highest BCUT2D eigenvalue weighted by Gasteiger charge is 2.24. The molecule has 0 aliphatic heterocycles. The van der Waals surface area contributed by atoms with Crippen LogP contribution in [-0.4, -0.2) is 12.2 Å². The Hall–Kier alpha value is -1.05. The first-order valence-corrected chi connectivity index (χ1v) is 5.32. The summed E-state index contributed by atoms with van der Waals surface area (Å²) in [5.41, 5.74) is 1.03. The zero-order chi connectivity index (χ0) is 9.80. The predicted molar refractivity (Wildman–Crippen MR) is 57.2 cm³/mol. The van der Waals surface area contributed by atoms with E-state index in [-0.39, 0.29) is 6.04 Å². The van der Waals surface area contributed by atoms with Crippen LogP contribution < -0.4 is 5.32 Å². The van der Waals surface area contributed by atoms with E-state index in [2.05, 4.69) is 5.32 Å². The molecule has 2 heteroatoms. The Kier molecular flexibility index (Phi) is 3.02. The number of rotatable bonds is 2. The standard InChI is InChI=1S/C12H16FN/c13-11-8-4-5-9-12(11)14-10-6-2-1-3-7-10/h1-3,6-7,11-12,14H,4-5,8-9H2/t11-,12+/m0/s1. The van der Waals surface area contributed by atoms with Gasteiger partial charge in [-0.15, -0.1) is 0 Å². The van der Waals surface area contributed by atoms with Crippen LogP contribution in [0.1, 0.15) is 25.7 Å². The Balaban J connectivity index is 1.96. The third-order valence-corrected chi connectivity index (χ3v) is 2.81. The Morgan fingerprint density at radius 1 is 1.07 bits per heavy atom. The van der Waals surface area contributed by atoms with Gasteiger partial charge in [-0.1, -0.05) is 31.0 Å². The highest BCUT2D eigenvalue weighted by Crippen LogP contribution is 2.24. The van der Waals surface area contributed by atoms with Gasteiger partial charge in [0.25, 0.3) is 0 Å². The van der Waals surface area contributed by atoms with Crippen LogP contribution in [0, 0.1) is 0 Å². The van der Waals surface area contributed by atoms with Crippen LogP contribution in [0.25, 0.3) is 0 Å². The summed E-state index contributed by atoms with van der Waals surface area (Å²) >= 11 is 0. The van der Waals surface area contributed by atoms with Crippen molar-refractivity contribution in [1.29, 1.82) is 0 Å². The average molecular weight is 193 g/mol. The summed E-state index contributed by atoms with van der Waals surface area (Å²) in [5.74, 6) is 0. The highest BCUT2D eigenvalue weighted by molar-refractivity contribution is 5.43. The quantitative estimate of drug-likeness (QED) is 0.759. The Morgan fingerprint density at radius 3 is 2.50 bits per heavy atom. The van der Waals surface area contributed by atoms with Crippen LogP contribution in [0.5, 0.6) is 0 Å². The molecule has 0 radical (unpaired) electrons. The van der Waals surface area contributed by atoms with Crippen LogP contribution in [0.2, 0.25) is 0 Å². The first kappa shape index (κ1) is 9.50. The van der Waals surface area contributed by atoms with Crippen molar-refractivity contribution in [3.8, 4) is 0 Å². The van der Waals surface area contributed by atoms with Gasteiger partial charge in [0, 0.05) is 5.69 Å². The number of nitrogens with one attached hydrogen (secondary N) is 1. The van der Waals surface area contributed by atoms with Crippen molar-refractivity contribution in [3.63, 3.8) is 0 Å². The molecule has 2 rings (SSSR count). The van der Waals surface area contributed by atoms with Crippen LogP contribution in [-0.2, 0) is 0 Å². The second kappa shape index (κ2) is 4.45. The first-order chi connectivity index (χ1) is 6.86. The number of halogens is 1. The van der Waals surface area contributed by atoms with Gasteiger partial charge in [0.05, 0.1) is 6.04 Å². The van der Waals surface area contributed by atoms with Gasteiger partial charge in [-0.3, -0.25) is 0 Å². The van der Waals surface area contributed by atoms with Crippen molar-refractivity contribution in [1.82, 2.24) is 0 Å². The topological polar surface area (TPSA) is 12.0 Å². The van der Waals surface area contributed by atoms with Gasteiger partial charge in [0.2, 0.25) is 0 Å². The number of para-hydroxylation sites is 1. The molecule has 76 valence electrons. The fourth-order valence-electron chi connectivity index (χ4n) is 2.00. The fourth-order valence-corrected chi connectivity index (χ4v) is 2.00. The maximum atomic E-state index is 13.5. The smallest absolute Gasteiger partial charge is 0.120 e. The van der Waals surface area contributed by atoms with Gasteiger partial charge in [0.15, 0.2) is 0 Å². The molecule has 1 aliphatic rings. The van der Waals surface area contributed by atoms with E-state index in [9.17, 15) is 4.39 Å². The van der Waals surface area contributed by atoms with E-state index in [0.29, 0.717) is 6.42 Å². The molecule has 1 aliphatic carbocycles. The van der Waals surface area contributed by atoms with E-state index in [4.69, 9.17) is 0 Å². The number of hydrogen-bond donors (Lipinski definition) is 1. The maximum Gasteiger partial charge on any atom is 0.120 e. The van der Waals surface area contributed by atoms with Crippen LogP contribution in [0.4, 0.5) is 10.1 Å². The molecule has 1 saturated carbocycles. The molecule has 0 saturated heterocycles. The number of hydrogen-bond acceptors (Lipinski definition) is 1. The Labute approximate surface area is 84.3 Å². The van der Waals surface area contributed by atoms with E-state index in [1.807, 2.05) is 30.3 Å². The SMILES string of the molecule is F[C@H]1CCCC[C@H]1Nc1ccccc1. The molecule has 1 aromatic rings. The molecule has 0 aromatic heterocycles. The Bertz CT molecular complexity index is 273. The second-order valence-electron chi connectivity index (χ2n) is 3.92. The Morgan fingerprint density at radius 2 is 1.79 bits per heavy atom. The minimum Gasteiger partial charge on any atom is -0.379 e. The fraction of sp³-hybridized carbons (Fsp3) is 0.500. The monoisotopic (exact) mass is 193 g/mol. The average Bonchev–Trinajstić information content (AvgIpc) is 2.23. The molecule has 0 unspecified atom stereocenters. The highest BCUT2D eigenvalue weighted by atomic mass is 19.1. The van der Waals surface area contributed by atoms with E-state index >= 15 is 0 Å². The van der Waals surface area contributed by atoms with Crippen molar-refractivity contribution in [2.45, 2.75) is 37.9 Å². The van der Waals surface area contributed by atoms with E-state index < -0.39 is 6.17 Å². The van der Waals surface area contributed by atoms with Gasteiger partial charge in [-0.05, 0) is 25.0 Å². The normalized spacial score (nSPS) is 27.2. The lowest BCUT2D eigenvalue weighted by molar-refractivity contribution is 0.230. The zero-order valence-corrected chi connectivity index (χ0v) is 8.25. The lowest BCUT2D eigenvalue weighted by atomic mass is 9.93. The molecule has 1 nitrogen and oxygen atoms in total. The van der Waals surface area contributed by atoms with Crippen LogP contribution in [0.3, 0.4) is 0 Å². The zero-order valence-electron chi connectivity index (χ0n) is 8.25. The summed E-state index contributed by atoms with van der Waals surface area (Å²) in [4.78, 5) is 0. The maximum absolute atomic E-state index is 13.5. The molecule has 1 aromatic carbocycles. The van der Waals surface area contributed by atoms with Crippen molar-refractivity contribution in [2.75, 3.05) is 5.32 Å². The minimum absolute atomic E-state index is 0.0196. The lowest BCUT2D eigenvalue weighted by Crippen LogP contribution is -2.33. The summed E-state index contributed by atoms with van der Waals surface area (Å²) in [6.07, 6.45) is 3.17. The molecule has 1 fully saturated rings. The number of anilines is 1. The van der Waals surface area contributed by atoms with Gasteiger partial charge >= 0.3 is 0 Å². The molecule has 0 amide bonds. The summed E-state index contributed by atoms with van der Waals surface area (Å²) in [5, 5.41) is 3.26. The van der Waals surface area contributed by atoms with Crippen molar-refractivity contribution >= 4 is 5.69 Å². The van der Waals surface area contributed by atoms with Gasteiger partial charge in [-0.25, -0.2) is 4.39 Å². The van der Waals surface area contributed by atoms with E-state index in [0.717, 1.165) is 24.9 Å². The van der Waals surface area contributed by atoms with Crippen molar-refractivity contribution < 1.29 is 4.39 Å². The third-order valence-electron chi connectivity index (χ3n) is 2.81. The van der Waals surface area contributed by atoms with Gasteiger partial charge in [0.1, 0.15) is 6.17 Å². The molecule has 0 bridgehead atoms. The molecule has 0 spiro atoms.